The number of rotatable bonds is 4. The molecule has 0 saturated carbocycles. The molecular weight excluding hydrogens is 793 g/mol. The monoisotopic (exact) mass is 821 g/mol. The van der Waals surface area contributed by atoms with Crippen LogP contribution in [0.25, 0.3) is 22.3 Å². The zero-order valence-corrected chi connectivity index (χ0v) is 29.9. The predicted molar refractivity (Wildman–Crippen MR) is 201 cm³/mol. The number of hydrogen-bond donors (Lipinski definition) is 0. The fourth-order valence-electron chi connectivity index (χ4n) is 7.31. The fourth-order valence-corrected chi connectivity index (χ4v) is 12.1. The number of aromatic nitrogens is 2. The number of benzene rings is 4. The standard InChI is InChI=1S/C44H28N4.Bi/c1-5-13-29(14-6-1)41-33-21-23-35(45-33)42(30-15-7-2-8-16-30)37-25-27-39(47-37)44(32-19-11-4-12-20-32)40-28-26-38(48-40)43(31-17-9-3-10-18-31)36-24-22-34(41)46-36;/h1-28H;/q-2;+2. The molecule has 0 amide bonds. The molecule has 6 aromatic rings. The summed E-state index contributed by atoms with van der Waals surface area (Å²) in [6.07, 6.45) is 8.82. The van der Waals surface area contributed by atoms with E-state index in [-0.39, 0.29) is 0 Å². The fraction of sp³-hybridized carbons (Fsp3) is 0. The van der Waals surface area contributed by atoms with Crippen LogP contribution in [0.5, 0.6) is 0 Å². The van der Waals surface area contributed by atoms with Crippen molar-refractivity contribution >= 4 is 57.5 Å². The summed E-state index contributed by atoms with van der Waals surface area (Å²) < 4.78 is 5.31. The molecule has 1 radical (unpaired) electrons. The Bertz CT molecular complexity index is 2450. The molecule has 0 saturated heterocycles. The topological polar surface area (TPSA) is 34.6 Å². The Morgan fingerprint density at radius 1 is 0.347 bits per heavy atom. The van der Waals surface area contributed by atoms with Crippen molar-refractivity contribution in [3.05, 3.63) is 226 Å². The molecule has 4 aromatic carbocycles. The van der Waals surface area contributed by atoms with E-state index in [1.807, 2.05) is 0 Å². The minimum absolute atomic E-state index is 0.987. The van der Waals surface area contributed by atoms with E-state index in [1.54, 1.807) is 0 Å². The van der Waals surface area contributed by atoms with Crippen molar-refractivity contribution in [3.63, 3.8) is 0 Å². The van der Waals surface area contributed by atoms with Gasteiger partial charge in [0.05, 0.1) is 0 Å². The van der Waals surface area contributed by atoms with Crippen LogP contribution in [0.1, 0.15) is 33.6 Å². The van der Waals surface area contributed by atoms with Crippen molar-refractivity contribution in [1.29, 1.82) is 0 Å². The van der Waals surface area contributed by atoms with E-state index < -0.39 is 23.8 Å². The van der Waals surface area contributed by atoms with Crippen LogP contribution in [0.3, 0.4) is 0 Å². The maximum atomic E-state index is 5.45. The average Bonchev–Trinajstić information content (AvgIpc) is 3.98. The summed E-state index contributed by atoms with van der Waals surface area (Å²) in [5, 5.41) is 2.39. The van der Waals surface area contributed by atoms with Crippen molar-refractivity contribution < 1.29 is 0 Å². The van der Waals surface area contributed by atoms with Gasteiger partial charge in [-0.25, -0.2) is 0 Å². The summed E-state index contributed by atoms with van der Waals surface area (Å²) in [6.45, 7) is 0. The first-order valence-electron chi connectivity index (χ1n) is 16.5. The Kier molecular flexibility index (Phi) is 6.67. The molecule has 4 nitrogen and oxygen atoms in total. The van der Waals surface area contributed by atoms with Crippen LogP contribution in [-0.2, 0) is 0 Å². The molecule has 2 aromatic heterocycles. The molecule has 0 unspecified atom stereocenters. The van der Waals surface area contributed by atoms with Crippen LogP contribution in [0.2, 0.25) is 0 Å². The first-order valence-corrected chi connectivity index (χ1v) is 19.6. The Morgan fingerprint density at radius 3 is 1.10 bits per heavy atom. The van der Waals surface area contributed by atoms with Gasteiger partial charge in [0.2, 0.25) is 0 Å². The first kappa shape index (κ1) is 28.4. The molecule has 5 heteroatoms. The molecule has 49 heavy (non-hydrogen) atoms. The SMILES string of the molecule is C1=CC2=C(c3ccccc3)c3ccc4[n]3[Bi][n]3c(ccc3=C(c3ccccc3)C3=NC(=C4c4ccccc4)C=C3)=C(c3ccccc3)C1=N2. The molecule has 0 aliphatic carbocycles. The summed E-state index contributed by atoms with van der Waals surface area (Å²) in [4.78, 5) is 10.9. The number of allylic oxidation sites excluding steroid dienone is 4. The van der Waals surface area contributed by atoms with Gasteiger partial charge in [0.1, 0.15) is 0 Å². The van der Waals surface area contributed by atoms with Crippen molar-refractivity contribution in [2.24, 2.45) is 9.98 Å². The van der Waals surface area contributed by atoms with Gasteiger partial charge in [-0.2, -0.15) is 0 Å². The molecule has 0 N–H and O–H groups in total. The first-order chi connectivity index (χ1) is 24.3. The molecule has 0 fully saturated rings. The molecular formula is C44H28BiN4. The van der Waals surface area contributed by atoms with Gasteiger partial charge in [0.25, 0.3) is 0 Å². The third kappa shape index (κ3) is 4.61. The van der Waals surface area contributed by atoms with E-state index in [1.165, 1.54) is 22.1 Å². The van der Waals surface area contributed by atoms with E-state index in [0.29, 0.717) is 0 Å². The average molecular weight is 822 g/mol. The van der Waals surface area contributed by atoms with Crippen LogP contribution in [0.15, 0.2) is 191 Å². The summed E-state index contributed by atoms with van der Waals surface area (Å²) >= 11 is -1.85. The quantitative estimate of drug-likeness (QED) is 0.169. The zero-order chi connectivity index (χ0) is 32.3. The maximum absolute atomic E-state index is 5.45. The van der Waals surface area contributed by atoms with Crippen LogP contribution in [0.4, 0.5) is 0 Å². The Balaban J connectivity index is 1.43. The summed E-state index contributed by atoms with van der Waals surface area (Å²) in [5.74, 6) is 0. The second kappa shape index (κ2) is 11.5. The van der Waals surface area contributed by atoms with Crippen molar-refractivity contribution in [1.82, 2.24) is 5.02 Å². The molecule has 0 atom stereocenters. The van der Waals surface area contributed by atoms with E-state index in [4.69, 9.17) is 9.98 Å². The van der Waals surface area contributed by atoms with Crippen LogP contribution < -0.4 is 10.7 Å². The second-order valence-corrected chi connectivity index (χ2v) is 16.1. The van der Waals surface area contributed by atoms with Gasteiger partial charge < -0.3 is 0 Å². The van der Waals surface area contributed by atoms with Gasteiger partial charge in [-0.1, -0.05) is 0 Å². The number of hydrogen-bond acceptors (Lipinski definition) is 2. The van der Waals surface area contributed by atoms with Gasteiger partial charge in [0.15, 0.2) is 0 Å². The summed E-state index contributed by atoms with van der Waals surface area (Å²) in [5.41, 5.74) is 15.6. The second-order valence-electron chi connectivity index (χ2n) is 12.3. The molecule has 6 heterocycles. The molecule has 229 valence electrons. The summed E-state index contributed by atoms with van der Waals surface area (Å²) in [6, 6.07) is 52.3. The van der Waals surface area contributed by atoms with Gasteiger partial charge in [-0.05, 0) is 0 Å². The van der Waals surface area contributed by atoms with E-state index in [9.17, 15) is 0 Å². The normalized spacial score (nSPS) is 15.9. The molecule has 10 rings (SSSR count). The summed E-state index contributed by atoms with van der Waals surface area (Å²) in [7, 11) is 0. The zero-order valence-electron chi connectivity index (χ0n) is 26.4. The van der Waals surface area contributed by atoms with Gasteiger partial charge in [-0.15, -0.1) is 0 Å². The number of aliphatic imine (C=N–C) groups is 2. The molecule has 4 aliphatic rings. The van der Waals surface area contributed by atoms with E-state index >= 15 is 0 Å². The number of fused-ring (bicyclic) bond motifs is 2. The Labute approximate surface area is 296 Å². The molecule has 6 bridgehead atoms. The molecule has 0 spiro atoms. The van der Waals surface area contributed by atoms with Crippen LogP contribution in [0, 0.1) is 0 Å². The van der Waals surface area contributed by atoms with E-state index in [0.717, 1.165) is 67.4 Å². The van der Waals surface area contributed by atoms with Crippen molar-refractivity contribution in [3.8, 4) is 0 Å². The van der Waals surface area contributed by atoms with Gasteiger partial charge in [0, 0.05) is 0 Å². The molecule has 4 aliphatic heterocycles. The third-order valence-corrected chi connectivity index (χ3v) is 14.2. The Morgan fingerprint density at radius 2 is 0.714 bits per heavy atom. The Hall–Kier alpha value is -5.64. The van der Waals surface area contributed by atoms with Crippen LogP contribution >= 0.6 is 0 Å². The predicted octanol–water partition coefficient (Wildman–Crippen LogP) is 7.19. The van der Waals surface area contributed by atoms with Crippen molar-refractivity contribution in [2.75, 3.05) is 0 Å². The van der Waals surface area contributed by atoms with Crippen molar-refractivity contribution in [2.45, 2.75) is 0 Å². The van der Waals surface area contributed by atoms with Gasteiger partial charge in [-0.3, -0.25) is 0 Å². The van der Waals surface area contributed by atoms with Crippen LogP contribution in [-0.4, -0.2) is 40.3 Å². The minimum atomic E-state index is -1.85. The number of nitrogens with zero attached hydrogens (tertiary/aromatic N) is 4. The van der Waals surface area contributed by atoms with Gasteiger partial charge >= 0.3 is 298 Å². The third-order valence-electron chi connectivity index (χ3n) is 9.47. The van der Waals surface area contributed by atoms with E-state index in [2.05, 4.69) is 175 Å².